The molecule has 0 fully saturated rings. The maximum absolute atomic E-state index is 13.1. The van der Waals surface area contributed by atoms with Crippen molar-refractivity contribution in [1.82, 2.24) is 10.2 Å². The second kappa shape index (κ2) is 10.1. The molecule has 0 aliphatic heterocycles. The summed E-state index contributed by atoms with van der Waals surface area (Å²) in [5.74, 6) is -0.0159. The Morgan fingerprint density at radius 1 is 1.17 bits per heavy atom. The molecule has 1 aromatic rings. The number of halogens is 1. The number of carbonyl (C=O) groups is 2. The van der Waals surface area contributed by atoms with Crippen LogP contribution in [0.25, 0.3) is 0 Å². The summed E-state index contributed by atoms with van der Waals surface area (Å²) in [6.45, 7) is 8.77. The van der Waals surface area contributed by atoms with Crippen LogP contribution in [0.5, 0.6) is 0 Å². The molecule has 24 heavy (non-hydrogen) atoms. The van der Waals surface area contributed by atoms with Crippen LogP contribution in [-0.4, -0.2) is 29.3 Å². The lowest BCUT2D eigenvalue weighted by atomic mass is 10.1. The predicted molar refractivity (Wildman–Crippen MR) is 93.8 cm³/mol. The summed E-state index contributed by atoms with van der Waals surface area (Å²) in [6, 6.07) is 5.47. The molecule has 1 N–H and O–H groups in total. The predicted octanol–water partition coefficient (Wildman–Crippen LogP) is 3.51. The van der Waals surface area contributed by atoms with Crippen LogP contribution in [0.4, 0.5) is 4.39 Å². The van der Waals surface area contributed by atoms with E-state index in [9.17, 15) is 14.0 Å². The van der Waals surface area contributed by atoms with Crippen molar-refractivity contribution in [2.75, 3.05) is 6.54 Å². The fourth-order valence-electron chi connectivity index (χ4n) is 2.36. The summed E-state index contributed by atoms with van der Waals surface area (Å²) in [4.78, 5) is 26.3. The van der Waals surface area contributed by atoms with Crippen LogP contribution in [0.3, 0.4) is 0 Å². The zero-order valence-electron chi connectivity index (χ0n) is 15.1. The van der Waals surface area contributed by atoms with Gasteiger partial charge in [0, 0.05) is 19.5 Å². The van der Waals surface area contributed by atoms with Crippen LogP contribution in [0.15, 0.2) is 24.3 Å². The zero-order valence-corrected chi connectivity index (χ0v) is 15.1. The van der Waals surface area contributed by atoms with Crippen molar-refractivity contribution in [3.8, 4) is 0 Å². The number of carbonyl (C=O) groups excluding carboxylic acids is 2. The first kappa shape index (κ1) is 20.1. The lowest BCUT2D eigenvalue weighted by Gasteiger charge is -2.29. The van der Waals surface area contributed by atoms with E-state index in [0.29, 0.717) is 25.4 Å². The molecule has 0 aromatic heterocycles. The Labute approximate surface area is 144 Å². The topological polar surface area (TPSA) is 49.4 Å². The molecule has 4 nitrogen and oxygen atoms in total. The molecule has 134 valence electrons. The molecule has 1 aromatic carbocycles. The van der Waals surface area contributed by atoms with Gasteiger partial charge in [-0.15, -0.1) is 0 Å². The SMILES string of the molecule is CCCC(=O)N(Cc1ccc(F)cc1)C(C)C(=O)NCCC(C)C. The number of amides is 2. The van der Waals surface area contributed by atoms with Crippen molar-refractivity contribution < 1.29 is 14.0 Å². The van der Waals surface area contributed by atoms with E-state index in [1.807, 2.05) is 6.92 Å². The van der Waals surface area contributed by atoms with E-state index in [4.69, 9.17) is 0 Å². The first-order valence-corrected chi connectivity index (χ1v) is 8.66. The molecular weight excluding hydrogens is 307 g/mol. The van der Waals surface area contributed by atoms with Gasteiger partial charge in [-0.25, -0.2) is 4.39 Å². The highest BCUT2D eigenvalue weighted by Gasteiger charge is 2.25. The molecule has 0 aliphatic carbocycles. The van der Waals surface area contributed by atoms with Crippen molar-refractivity contribution in [3.05, 3.63) is 35.6 Å². The molecule has 5 heteroatoms. The second-order valence-corrected chi connectivity index (χ2v) is 6.55. The molecule has 1 unspecified atom stereocenters. The Hall–Kier alpha value is -1.91. The first-order chi connectivity index (χ1) is 11.3. The normalized spacial score (nSPS) is 12.1. The van der Waals surface area contributed by atoms with E-state index in [2.05, 4.69) is 19.2 Å². The minimum atomic E-state index is -0.554. The van der Waals surface area contributed by atoms with Gasteiger partial charge in [0.15, 0.2) is 0 Å². The molecule has 0 radical (unpaired) electrons. The monoisotopic (exact) mass is 336 g/mol. The third-order valence-corrected chi connectivity index (χ3v) is 3.92. The van der Waals surface area contributed by atoms with E-state index in [1.54, 1.807) is 24.0 Å². The molecule has 2 amide bonds. The summed E-state index contributed by atoms with van der Waals surface area (Å²) >= 11 is 0. The van der Waals surface area contributed by atoms with Crippen LogP contribution in [0.1, 0.15) is 52.5 Å². The van der Waals surface area contributed by atoms with Gasteiger partial charge in [-0.05, 0) is 43.4 Å². The van der Waals surface area contributed by atoms with Gasteiger partial charge in [0.25, 0.3) is 0 Å². The number of nitrogens with one attached hydrogen (secondary N) is 1. The van der Waals surface area contributed by atoms with Gasteiger partial charge < -0.3 is 10.2 Å². The van der Waals surface area contributed by atoms with Crippen molar-refractivity contribution in [2.24, 2.45) is 5.92 Å². The maximum Gasteiger partial charge on any atom is 0.242 e. The van der Waals surface area contributed by atoms with Crippen LogP contribution in [0, 0.1) is 11.7 Å². The summed E-state index contributed by atoms with van der Waals surface area (Å²) < 4.78 is 13.1. The first-order valence-electron chi connectivity index (χ1n) is 8.66. The van der Waals surface area contributed by atoms with Gasteiger partial charge in [0.2, 0.25) is 11.8 Å². The molecular formula is C19H29FN2O2. The molecule has 0 heterocycles. The second-order valence-electron chi connectivity index (χ2n) is 6.55. The minimum Gasteiger partial charge on any atom is -0.354 e. The number of nitrogens with zero attached hydrogens (tertiary/aromatic N) is 1. The smallest absolute Gasteiger partial charge is 0.242 e. The molecule has 1 atom stereocenters. The van der Waals surface area contributed by atoms with Crippen LogP contribution >= 0.6 is 0 Å². The number of rotatable bonds is 9. The van der Waals surface area contributed by atoms with Crippen molar-refractivity contribution in [2.45, 2.75) is 59.5 Å². The van der Waals surface area contributed by atoms with Crippen LogP contribution < -0.4 is 5.32 Å². The van der Waals surface area contributed by atoms with Gasteiger partial charge in [-0.2, -0.15) is 0 Å². The van der Waals surface area contributed by atoms with E-state index < -0.39 is 6.04 Å². The number of hydrogen-bond acceptors (Lipinski definition) is 2. The maximum atomic E-state index is 13.1. The third kappa shape index (κ3) is 6.69. The average molecular weight is 336 g/mol. The van der Waals surface area contributed by atoms with Gasteiger partial charge in [-0.1, -0.05) is 32.9 Å². The van der Waals surface area contributed by atoms with Crippen molar-refractivity contribution in [1.29, 1.82) is 0 Å². The lowest BCUT2D eigenvalue weighted by Crippen LogP contribution is -2.47. The van der Waals surface area contributed by atoms with E-state index >= 15 is 0 Å². The fraction of sp³-hybridized carbons (Fsp3) is 0.579. The van der Waals surface area contributed by atoms with Gasteiger partial charge in [0.05, 0.1) is 0 Å². The van der Waals surface area contributed by atoms with Gasteiger partial charge in [-0.3, -0.25) is 9.59 Å². The van der Waals surface area contributed by atoms with Gasteiger partial charge >= 0.3 is 0 Å². The summed E-state index contributed by atoms with van der Waals surface area (Å²) in [5.41, 5.74) is 0.808. The minimum absolute atomic E-state index is 0.0617. The van der Waals surface area contributed by atoms with Crippen LogP contribution in [-0.2, 0) is 16.1 Å². The Balaban J connectivity index is 2.78. The Morgan fingerprint density at radius 3 is 2.33 bits per heavy atom. The molecule has 0 aliphatic rings. The number of benzene rings is 1. The molecule has 0 bridgehead atoms. The molecule has 0 spiro atoms. The summed E-state index contributed by atoms with van der Waals surface area (Å²) in [7, 11) is 0. The third-order valence-electron chi connectivity index (χ3n) is 3.92. The average Bonchev–Trinajstić information content (AvgIpc) is 2.53. The summed E-state index contributed by atoms with van der Waals surface area (Å²) in [6.07, 6.45) is 2.02. The molecule has 1 rings (SSSR count). The van der Waals surface area contributed by atoms with Crippen molar-refractivity contribution in [3.63, 3.8) is 0 Å². The molecule has 0 saturated heterocycles. The van der Waals surface area contributed by atoms with Crippen LogP contribution in [0.2, 0.25) is 0 Å². The highest BCUT2D eigenvalue weighted by molar-refractivity contribution is 5.87. The van der Waals surface area contributed by atoms with E-state index in [0.717, 1.165) is 18.4 Å². The quantitative estimate of drug-likeness (QED) is 0.750. The highest BCUT2D eigenvalue weighted by atomic mass is 19.1. The highest BCUT2D eigenvalue weighted by Crippen LogP contribution is 2.12. The zero-order chi connectivity index (χ0) is 18.1. The van der Waals surface area contributed by atoms with Gasteiger partial charge in [0.1, 0.15) is 11.9 Å². The van der Waals surface area contributed by atoms with Crippen molar-refractivity contribution >= 4 is 11.8 Å². The Morgan fingerprint density at radius 2 is 1.79 bits per heavy atom. The number of hydrogen-bond donors (Lipinski definition) is 1. The standard InChI is InChI=1S/C19H29FN2O2/c1-5-6-18(23)22(13-16-7-9-17(20)10-8-16)15(4)19(24)21-12-11-14(2)3/h7-10,14-15H,5-6,11-13H2,1-4H3,(H,21,24). The largest absolute Gasteiger partial charge is 0.354 e. The fourth-order valence-corrected chi connectivity index (χ4v) is 2.36. The van der Waals surface area contributed by atoms with E-state index in [1.165, 1.54) is 12.1 Å². The molecule has 0 saturated carbocycles. The summed E-state index contributed by atoms with van der Waals surface area (Å²) in [5, 5.41) is 2.89. The Kier molecular flexibility index (Phi) is 8.44. The van der Waals surface area contributed by atoms with E-state index in [-0.39, 0.29) is 17.6 Å². The Bertz CT molecular complexity index is 529. The lowest BCUT2D eigenvalue weighted by molar-refractivity contribution is -0.140.